The summed E-state index contributed by atoms with van der Waals surface area (Å²) in [4.78, 5) is 4.08. The van der Waals surface area contributed by atoms with Crippen molar-refractivity contribution in [1.29, 1.82) is 0 Å². The summed E-state index contributed by atoms with van der Waals surface area (Å²) in [5.74, 6) is 0. The Hall–Kier alpha value is -1.68. The minimum absolute atomic E-state index is 0.563. The van der Waals surface area contributed by atoms with Crippen LogP contribution in [0.4, 0.5) is 0 Å². The molecule has 0 aliphatic carbocycles. The van der Waals surface area contributed by atoms with Crippen LogP contribution >= 0.6 is 0 Å². The van der Waals surface area contributed by atoms with Crippen LogP contribution in [-0.2, 0) is 19.9 Å². The topological polar surface area (TPSA) is 42.7 Å². The summed E-state index contributed by atoms with van der Waals surface area (Å²) in [6, 6.07) is 6.89. The second-order valence-electron chi connectivity index (χ2n) is 5.53. The Morgan fingerprint density at radius 2 is 1.86 bits per heavy atom. The lowest BCUT2D eigenvalue weighted by Gasteiger charge is -2.18. The maximum absolute atomic E-state index is 4.24. The van der Waals surface area contributed by atoms with Crippen LogP contribution in [0, 0.1) is 0 Å². The fraction of sp³-hybridized carbons (Fsp3) is 0.529. The molecule has 2 heterocycles. The zero-order valence-corrected chi connectivity index (χ0v) is 13.1. The number of nitrogens with one attached hydrogen (secondary N) is 1. The molecule has 0 saturated carbocycles. The largest absolute Gasteiger partial charge is 0.314 e. The summed E-state index contributed by atoms with van der Waals surface area (Å²) < 4.78 is 1.97. The Kier molecular flexibility index (Phi) is 6.41. The van der Waals surface area contributed by atoms with E-state index in [1.54, 1.807) is 0 Å². The van der Waals surface area contributed by atoms with E-state index in [1.807, 2.05) is 30.3 Å². The van der Waals surface area contributed by atoms with Crippen LogP contribution in [-0.4, -0.2) is 27.4 Å². The molecule has 0 saturated heterocycles. The summed E-state index contributed by atoms with van der Waals surface area (Å²) in [6.45, 7) is 3.31. The molecular weight excluding hydrogens is 260 g/mol. The molecule has 114 valence electrons. The number of hydrogen-bond donors (Lipinski definition) is 1. The van der Waals surface area contributed by atoms with Crippen LogP contribution in [0.15, 0.2) is 36.8 Å². The normalized spacial score (nSPS) is 12.5. The molecule has 2 aromatic rings. The minimum atomic E-state index is 0.563. The quantitative estimate of drug-likeness (QED) is 0.771. The zero-order valence-electron chi connectivity index (χ0n) is 13.1. The van der Waals surface area contributed by atoms with Gasteiger partial charge in [-0.3, -0.25) is 9.67 Å². The van der Waals surface area contributed by atoms with Gasteiger partial charge < -0.3 is 5.32 Å². The molecule has 0 fully saturated rings. The van der Waals surface area contributed by atoms with Gasteiger partial charge in [0.05, 0.1) is 0 Å². The highest BCUT2D eigenvalue weighted by Gasteiger charge is 2.09. The van der Waals surface area contributed by atoms with Crippen molar-refractivity contribution in [3.8, 4) is 0 Å². The number of rotatable bonds is 9. The van der Waals surface area contributed by atoms with Gasteiger partial charge in [0.25, 0.3) is 0 Å². The highest BCUT2D eigenvalue weighted by atomic mass is 15.2. The molecule has 0 amide bonds. The predicted octanol–water partition coefficient (Wildman–Crippen LogP) is 2.75. The van der Waals surface area contributed by atoms with Crippen molar-refractivity contribution in [2.75, 3.05) is 6.54 Å². The Morgan fingerprint density at radius 1 is 1.10 bits per heavy atom. The highest BCUT2D eigenvalue weighted by molar-refractivity contribution is 5.10. The van der Waals surface area contributed by atoms with Gasteiger partial charge in [-0.25, -0.2) is 0 Å². The average molecular weight is 286 g/mol. The van der Waals surface area contributed by atoms with Gasteiger partial charge >= 0.3 is 0 Å². The molecule has 21 heavy (non-hydrogen) atoms. The van der Waals surface area contributed by atoms with E-state index in [9.17, 15) is 0 Å². The first kappa shape index (κ1) is 15.7. The first-order chi connectivity index (χ1) is 10.3. The first-order valence-electron chi connectivity index (χ1n) is 7.88. The Labute approximate surface area is 127 Å². The van der Waals surface area contributed by atoms with Crippen molar-refractivity contribution in [2.24, 2.45) is 7.05 Å². The van der Waals surface area contributed by atoms with E-state index < -0.39 is 0 Å². The fourth-order valence-electron chi connectivity index (χ4n) is 2.56. The molecule has 1 unspecified atom stereocenters. The van der Waals surface area contributed by atoms with E-state index in [0.717, 1.165) is 25.8 Å². The third kappa shape index (κ3) is 5.31. The second kappa shape index (κ2) is 8.57. The molecule has 0 aromatic carbocycles. The van der Waals surface area contributed by atoms with Crippen molar-refractivity contribution in [1.82, 2.24) is 20.1 Å². The Bertz CT molecular complexity index is 507. The molecular formula is C17H26N4. The van der Waals surface area contributed by atoms with Gasteiger partial charge in [0, 0.05) is 37.4 Å². The third-order valence-corrected chi connectivity index (χ3v) is 3.89. The second-order valence-corrected chi connectivity index (χ2v) is 5.53. The average Bonchev–Trinajstić information content (AvgIpc) is 2.93. The van der Waals surface area contributed by atoms with E-state index in [-0.39, 0.29) is 0 Å². The number of hydrogen-bond acceptors (Lipinski definition) is 3. The molecule has 2 rings (SSSR count). The van der Waals surface area contributed by atoms with Crippen molar-refractivity contribution in [3.05, 3.63) is 48.0 Å². The number of aromatic nitrogens is 3. The van der Waals surface area contributed by atoms with Gasteiger partial charge in [0.2, 0.25) is 0 Å². The van der Waals surface area contributed by atoms with Crippen molar-refractivity contribution < 1.29 is 0 Å². The standard InChI is InChI=1S/C17H26N4/c1-3-11-19-16(5-4-15-8-12-18-13-9-15)6-7-17-10-14-20-21(17)2/h8-10,12-14,16,19H,3-7,11H2,1-2H3. The van der Waals surface area contributed by atoms with Crippen LogP contribution in [0.1, 0.15) is 37.4 Å². The van der Waals surface area contributed by atoms with Gasteiger partial charge in [0.15, 0.2) is 0 Å². The van der Waals surface area contributed by atoms with E-state index in [2.05, 4.69) is 40.5 Å². The molecule has 1 N–H and O–H groups in total. The lowest BCUT2D eigenvalue weighted by atomic mass is 10.0. The summed E-state index contributed by atoms with van der Waals surface area (Å²) in [7, 11) is 2.01. The summed E-state index contributed by atoms with van der Waals surface area (Å²) in [5, 5.41) is 7.92. The van der Waals surface area contributed by atoms with Crippen molar-refractivity contribution in [2.45, 2.75) is 45.1 Å². The van der Waals surface area contributed by atoms with Gasteiger partial charge in [0.1, 0.15) is 0 Å². The molecule has 0 aliphatic heterocycles. The SMILES string of the molecule is CCCNC(CCc1ccncc1)CCc1ccnn1C. The Morgan fingerprint density at radius 3 is 2.52 bits per heavy atom. The monoisotopic (exact) mass is 286 g/mol. The van der Waals surface area contributed by atoms with Crippen LogP contribution < -0.4 is 5.32 Å². The summed E-state index contributed by atoms with van der Waals surface area (Å²) in [5.41, 5.74) is 2.68. The molecule has 0 spiro atoms. The summed E-state index contributed by atoms with van der Waals surface area (Å²) in [6.07, 6.45) is 11.3. The first-order valence-corrected chi connectivity index (χ1v) is 7.88. The highest BCUT2D eigenvalue weighted by Crippen LogP contribution is 2.10. The number of nitrogens with zero attached hydrogens (tertiary/aromatic N) is 3. The number of aryl methyl sites for hydroxylation is 3. The van der Waals surface area contributed by atoms with Crippen LogP contribution in [0.5, 0.6) is 0 Å². The van der Waals surface area contributed by atoms with Gasteiger partial charge in [-0.15, -0.1) is 0 Å². The van der Waals surface area contributed by atoms with E-state index in [1.165, 1.54) is 24.1 Å². The molecule has 4 heteroatoms. The van der Waals surface area contributed by atoms with Gasteiger partial charge in [-0.1, -0.05) is 6.92 Å². The molecule has 1 atom stereocenters. The van der Waals surface area contributed by atoms with E-state index in [4.69, 9.17) is 0 Å². The number of pyridine rings is 1. The van der Waals surface area contributed by atoms with Gasteiger partial charge in [-0.2, -0.15) is 5.10 Å². The van der Waals surface area contributed by atoms with Crippen LogP contribution in [0.2, 0.25) is 0 Å². The molecule has 0 radical (unpaired) electrons. The third-order valence-electron chi connectivity index (χ3n) is 3.89. The lowest BCUT2D eigenvalue weighted by Crippen LogP contribution is -2.31. The van der Waals surface area contributed by atoms with Crippen LogP contribution in [0.3, 0.4) is 0 Å². The fourth-order valence-corrected chi connectivity index (χ4v) is 2.56. The molecule has 4 nitrogen and oxygen atoms in total. The zero-order chi connectivity index (χ0) is 14.9. The van der Waals surface area contributed by atoms with E-state index in [0.29, 0.717) is 6.04 Å². The molecule has 0 bridgehead atoms. The minimum Gasteiger partial charge on any atom is -0.314 e. The van der Waals surface area contributed by atoms with Crippen molar-refractivity contribution >= 4 is 0 Å². The van der Waals surface area contributed by atoms with Gasteiger partial charge in [-0.05, 0) is 62.4 Å². The maximum atomic E-state index is 4.24. The Balaban J connectivity index is 1.83. The van der Waals surface area contributed by atoms with E-state index >= 15 is 0 Å². The molecule has 0 aliphatic rings. The lowest BCUT2D eigenvalue weighted by molar-refractivity contribution is 0.448. The summed E-state index contributed by atoms with van der Waals surface area (Å²) >= 11 is 0. The smallest absolute Gasteiger partial charge is 0.0492 e. The van der Waals surface area contributed by atoms with Crippen molar-refractivity contribution in [3.63, 3.8) is 0 Å². The predicted molar refractivity (Wildman–Crippen MR) is 86.2 cm³/mol. The molecule has 2 aromatic heterocycles. The maximum Gasteiger partial charge on any atom is 0.0492 e. The van der Waals surface area contributed by atoms with Crippen LogP contribution in [0.25, 0.3) is 0 Å².